The molecule has 1 N–H and O–H groups in total. The highest BCUT2D eigenvalue weighted by Gasteiger charge is 2.24. The number of ether oxygens (including phenoxy) is 2. The van der Waals surface area contributed by atoms with Gasteiger partial charge in [0.2, 0.25) is 0 Å². The van der Waals surface area contributed by atoms with Gasteiger partial charge < -0.3 is 14.4 Å². The summed E-state index contributed by atoms with van der Waals surface area (Å²) in [5.74, 6) is 2.28. The third kappa shape index (κ3) is 7.40. The van der Waals surface area contributed by atoms with Crippen molar-refractivity contribution in [1.29, 1.82) is 0 Å². The van der Waals surface area contributed by atoms with E-state index in [1.807, 2.05) is 82.3 Å². The molecule has 3 aromatic rings. The number of nitrogens with zero attached hydrogens (tertiary/aromatic N) is 3. The van der Waals surface area contributed by atoms with E-state index < -0.39 is 15.7 Å². The highest BCUT2D eigenvalue weighted by Crippen LogP contribution is 2.28. The van der Waals surface area contributed by atoms with Crippen LogP contribution in [0.3, 0.4) is 0 Å². The van der Waals surface area contributed by atoms with Gasteiger partial charge in [-0.15, -0.1) is 10.2 Å². The summed E-state index contributed by atoms with van der Waals surface area (Å²) in [4.78, 5) is 2.13. The number of anilines is 1. The molecule has 1 aromatic heterocycles. The second-order valence-electron chi connectivity index (χ2n) is 9.22. The summed E-state index contributed by atoms with van der Waals surface area (Å²) in [7, 11) is 2.04. The Morgan fingerprint density at radius 3 is 1.86 bits per heavy atom. The van der Waals surface area contributed by atoms with Crippen LogP contribution in [0.2, 0.25) is 5.15 Å². The number of aromatic nitrogens is 2. The Kier molecular flexibility index (Phi) is 9.10. The van der Waals surface area contributed by atoms with Crippen LogP contribution in [0.5, 0.6) is 11.5 Å². The van der Waals surface area contributed by atoms with Crippen LogP contribution in [0, 0.1) is 0 Å². The summed E-state index contributed by atoms with van der Waals surface area (Å²) < 4.78 is 26.0. The van der Waals surface area contributed by atoms with Crippen molar-refractivity contribution >= 4 is 28.4 Å². The highest BCUT2D eigenvalue weighted by molar-refractivity contribution is 7.84. The van der Waals surface area contributed by atoms with Crippen molar-refractivity contribution in [3.63, 3.8) is 0 Å². The van der Waals surface area contributed by atoms with Gasteiger partial charge in [-0.3, -0.25) is 0 Å². The number of benzene rings is 2. The first-order chi connectivity index (χ1) is 16.6. The molecule has 7 nitrogen and oxygen atoms in total. The number of nitrogens with one attached hydrogen (secondary N) is 1. The molecule has 0 radical (unpaired) electrons. The number of rotatable bonds is 10. The highest BCUT2D eigenvalue weighted by atomic mass is 35.5. The van der Waals surface area contributed by atoms with E-state index in [2.05, 4.69) is 19.8 Å². The monoisotopic (exact) mass is 516 g/mol. The molecule has 9 heteroatoms. The van der Waals surface area contributed by atoms with E-state index >= 15 is 0 Å². The Morgan fingerprint density at radius 1 is 0.943 bits per heavy atom. The van der Waals surface area contributed by atoms with Crippen LogP contribution < -0.4 is 19.1 Å². The first-order valence-corrected chi connectivity index (χ1v) is 12.9. The zero-order valence-electron chi connectivity index (χ0n) is 21.0. The lowest BCUT2D eigenvalue weighted by molar-refractivity contribution is 0.414. The van der Waals surface area contributed by atoms with Crippen LogP contribution >= 0.6 is 11.6 Å². The van der Waals surface area contributed by atoms with Gasteiger partial charge in [-0.1, -0.05) is 35.9 Å². The molecule has 0 amide bonds. The predicted octanol–water partition coefficient (Wildman–Crippen LogP) is 5.47. The van der Waals surface area contributed by atoms with Gasteiger partial charge in [0.15, 0.2) is 11.0 Å². The van der Waals surface area contributed by atoms with E-state index in [1.165, 1.54) is 0 Å². The van der Waals surface area contributed by atoms with Crippen molar-refractivity contribution in [3.05, 3.63) is 76.4 Å². The maximum Gasteiger partial charge on any atom is 0.156 e. The van der Waals surface area contributed by atoms with Crippen LogP contribution in [-0.2, 0) is 24.1 Å². The minimum Gasteiger partial charge on any atom is -0.497 e. The molecule has 0 aliphatic carbocycles. The van der Waals surface area contributed by atoms with E-state index in [9.17, 15) is 4.21 Å². The minimum absolute atomic E-state index is 0.277. The second-order valence-corrected chi connectivity index (χ2v) is 11.6. The molecule has 0 spiro atoms. The first-order valence-electron chi connectivity index (χ1n) is 11.3. The van der Waals surface area contributed by atoms with Gasteiger partial charge in [-0.25, -0.2) is 8.93 Å². The molecule has 188 valence electrons. The Hall–Kier alpha value is -2.68. The van der Waals surface area contributed by atoms with Crippen LogP contribution in [0.1, 0.15) is 50.4 Å². The number of hydrogen-bond acceptors (Lipinski definition) is 6. The van der Waals surface area contributed by atoms with E-state index in [-0.39, 0.29) is 11.2 Å². The van der Waals surface area contributed by atoms with E-state index in [4.69, 9.17) is 21.1 Å². The molecule has 0 fully saturated rings. The van der Waals surface area contributed by atoms with E-state index in [0.717, 1.165) is 28.2 Å². The third-order valence-electron chi connectivity index (χ3n) is 5.46. The summed E-state index contributed by atoms with van der Waals surface area (Å²) in [6.45, 7) is 8.89. The predicted molar refractivity (Wildman–Crippen MR) is 142 cm³/mol. The molecule has 2 aromatic carbocycles. The maximum absolute atomic E-state index is 12.7. The van der Waals surface area contributed by atoms with Crippen LogP contribution in [0.4, 0.5) is 5.82 Å². The van der Waals surface area contributed by atoms with Gasteiger partial charge in [0, 0.05) is 24.7 Å². The first kappa shape index (κ1) is 26.9. The van der Waals surface area contributed by atoms with Gasteiger partial charge >= 0.3 is 0 Å². The Balaban J connectivity index is 1.92. The molecule has 0 aliphatic rings. The van der Waals surface area contributed by atoms with Crippen LogP contribution in [0.25, 0.3) is 0 Å². The molecule has 1 unspecified atom stereocenters. The van der Waals surface area contributed by atoms with Crippen molar-refractivity contribution in [1.82, 2.24) is 14.9 Å². The number of methoxy groups -OCH3 is 2. The van der Waals surface area contributed by atoms with Crippen molar-refractivity contribution in [3.8, 4) is 11.5 Å². The molecule has 2 atom stereocenters. The molecule has 0 aliphatic heterocycles. The summed E-state index contributed by atoms with van der Waals surface area (Å²) in [5, 5.41) is 8.91. The maximum atomic E-state index is 12.7. The largest absolute Gasteiger partial charge is 0.497 e. The Morgan fingerprint density at radius 2 is 1.43 bits per heavy atom. The summed E-state index contributed by atoms with van der Waals surface area (Å²) >= 11 is 6.42. The topological polar surface area (TPSA) is 76.6 Å². The third-order valence-corrected chi connectivity index (χ3v) is 7.43. The zero-order valence-corrected chi connectivity index (χ0v) is 22.6. The quantitative estimate of drug-likeness (QED) is 0.385. The lowest BCUT2D eigenvalue weighted by atomic mass is 10.1. The summed E-state index contributed by atoms with van der Waals surface area (Å²) in [6.07, 6.45) is 0. The van der Waals surface area contributed by atoms with Gasteiger partial charge in [0.1, 0.15) is 11.5 Å². The second kappa shape index (κ2) is 11.8. The molecular weight excluding hydrogens is 484 g/mol. The Bertz CT molecular complexity index is 1090. The van der Waals surface area contributed by atoms with Crippen molar-refractivity contribution in [2.45, 2.75) is 51.6 Å². The van der Waals surface area contributed by atoms with Crippen molar-refractivity contribution < 1.29 is 13.7 Å². The Labute approximate surface area is 215 Å². The lowest BCUT2D eigenvalue weighted by Gasteiger charge is -2.26. The smallest absolute Gasteiger partial charge is 0.156 e. The number of hydrogen-bond donors (Lipinski definition) is 1. The van der Waals surface area contributed by atoms with Gasteiger partial charge in [-0.2, -0.15) is 0 Å². The fraction of sp³-hybridized carbons (Fsp3) is 0.385. The molecular formula is C26H33ClN4O3S. The normalized spacial score (nSPS) is 13.2. The van der Waals surface area contributed by atoms with Gasteiger partial charge in [-0.05, 0) is 69.2 Å². The molecule has 0 saturated carbocycles. The summed E-state index contributed by atoms with van der Waals surface area (Å²) in [6, 6.07) is 17.5. The molecule has 0 saturated heterocycles. The number of halogens is 1. The summed E-state index contributed by atoms with van der Waals surface area (Å²) in [5.41, 5.74) is 2.93. The molecule has 3 rings (SSSR count). The van der Waals surface area contributed by atoms with Crippen molar-refractivity contribution in [2.24, 2.45) is 0 Å². The molecule has 1 heterocycles. The van der Waals surface area contributed by atoms with Crippen LogP contribution in [0.15, 0.2) is 54.6 Å². The van der Waals surface area contributed by atoms with E-state index in [1.54, 1.807) is 14.2 Å². The van der Waals surface area contributed by atoms with Gasteiger partial charge in [0.05, 0.1) is 30.0 Å². The van der Waals surface area contributed by atoms with Crippen LogP contribution in [-0.4, -0.2) is 33.4 Å². The molecule has 35 heavy (non-hydrogen) atoms. The SMILES string of the molecule is COc1ccc(CN(Cc2ccc(OC)cc2)c2cc(C(C)N[S@](=O)C(C)(C)C)c(Cl)nn2)cc1. The average molecular weight is 517 g/mol. The lowest BCUT2D eigenvalue weighted by Crippen LogP contribution is -2.35. The molecule has 0 bridgehead atoms. The standard InChI is InChI=1S/C26H33ClN4O3S/c1-18(30-35(32)26(2,3)4)23-15-24(28-29-25(23)27)31(16-19-7-11-21(33-5)12-8-19)17-20-9-13-22(34-6)14-10-20/h7-15,18,30H,16-17H2,1-6H3/t18?,35-/m1/s1. The fourth-order valence-electron chi connectivity index (χ4n) is 3.36. The average Bonchev–Trinajstić information content (AvgIpc) is 2.84. The van der Waals surface area contributed by atoms with E-state index in [0.29, 0.717) is 18.9 Å². The minimum atomic E-state index is -1.26. The zero-order chi connectivity index (χ0) is 25.6. The van der Waals surface area contributed by atoms with Crippen molar-refractivity contribution in [2.75, 3.05) is 19.1 Å². The fourth-order valence-corrected chi connectivity index (χ4v) is 4.42. The van der Waals surface area contributed by atoms with Gasteiger partial charge in [0.25, 0.3) is 0 Å².